The first-order valence-corrected chi connectivity index (χ1v) is 15.3. The first-order chi connectivity index (χ1) is 19.8. The first-order valence-electron chi connectivity index (χ1n) is 13.0. The second-order valence-electron chi connectivity index (χ2n) is 9.27. The Kier molecular flexibility index (Phi) is 9.23. The summed E-state index contributed by atoms with van der Waals surface area (Å²) in [5.74, 6) is 0.587. The van der Waals surface area contributed by atoms with Crippen molar-refractivity contribution in [2.75, 3.05) is 51.3 Å². The van der Waals surface area contributed by atoms with Crippen LogP contribution in [0.25, 0.3) is 10.9 Å². The van der Waals surface area contributed by atoms with Crippen molar-refractivity contribution >= 4 is 42.5 Å². The second kappa shape index (κ2) is 13.0. The van der Waals surface area contributed by atoms with Gasteiger partial charge in [0, 0.05) is 47.8 Å². The average molecular weight is 647 g/mol. The van der Waals surface area contributed by atoms with Gasteiger partial charge in [0.2, 0.25) is 0 Å². The summed E-state index contributed by atoms with van der Waals surface area (Å²) >= 11 is 3.23. The summed E-state index contributed by atoms with van der Waals surface area (Å²) in [7, 11) is -2.39. The summed E-state index contributed by atoms with van der Waals surface area (Å²) in [6, 6.07) is 15.4. The van der Waals surface area contributed by atoms with Crippen LogP contribution in [0.1, 0.15) is 6.42 Å². The molecule has 12 heteroatoms. The third-order valence-corrected chi connectivity index (χ3v) is 8.89. The van der Waals surface area contributed by atoms with E-state index in [1.165, 1.54) is 18.2 Å². The van der Waals surface area contributed by atoms with Gasteiger partial charge in [-0.15, -0.1) is 0 Å². The van der Waals surface area contributed by atoms with Gasteiger partial charge in [-0.1, -0.05) is 12.1 Å². The van der Waals surface area contributed by atoms with Crippen LogP contribution < -0.4 is 18.9 Å². The average Bonchev–Trinajstić information content (AvgIpc) is 2.97. The van der Waals surface area contributed by atoms with E-state index in [-0.39, 0.29) is 16.3 Å². The standard InChI is InChI=1S/C29H29BrFN3O6S/c1-37-27-18-21-24(19-28(27)39-14-4-11-34-12-15-38-16-13-34)32-10-9-25(21)40-26-8-7-20(17-23(26)31)33-41(35,36)29-6-3-2-5-22(29)30/h2-3,5-10,17-19,33H,4,11-16H2,1H3. The lowest BCUT2D eigenvalue weighted by Gasteiger charge is -2.26. The number of methoxy groups -OCH3 is 1. The van der Waals surface area contributed by atoms with Crippen LogP contribution in [0, 0.1) is 5.82 Å². The Hall–Kier alpha value is -3.45. The van der Waals surface area contributed by atoms with Crippen molar-refractivity contribution in [3.8, 4) is 23.0 Å². The highest BCUT2D eigenvalue weighted by Gasteiger charge is 2.19. The fraction of sp³-hybridized carbons (Fsp3) is 0.276. The van der Waals surface area contributed by atoms with Crippen LogP contribution in [0.4, 0.5) is 10.1 Å². The molecule has 41 heavy (non-hydrogen) atoms. The fourth-order valence-corrected chi connectivity index (χ4v) is 6.48. The van der Waals surface area contributed by atoms with Gasteiger partial charge in [0.1, 0.15) is 10.6 Å². The number of benzene rings is 3. The minimum Gasteiger partial charge on any atom is -0.493 e. The molecule has 0 unspecified atom stereocenters. The van der Waals surface area contributed by atoms with Crippen molar-refractivity contribution in [2.45, 2.75) is 11.3 Å². The first kappa shape index (κ1) is 29.1. The van der Waals surface area contributed by atoms with Gasteiger partial charge < -0.3 is 18.9 Å². The molecule has 1 aromatic heterocycles. The third kappa shape index (κ3) is 7.07. The predicted molar refractivity (Wildman–Crippen MR) is 157 cm³/mol. The maximum absolute atomic E-state index is 15.1. The monoisotopic (exact) mass is 645 g/mol. The lowest BCUT2D eigenvalue weighted by atomic mass is 10.1. The lowest BCUT2D eigenvalue weighted by molar-refractivity contribution is 0.0357. The van der Waals surface area contributed by atoms with E-state index in [1.807, 2.05) is 0 Å². The summed E-state index contributed by atoms with van der Waals surface area (Å²) in [4.78, 5) is 6.81. The molecule has 5 rings (SSSR count). The number of hydrogen-bond acceptors (Lipinski definition) is 8. The molecule has 4 aromatic rings. The summed E-state index contributed by atoms with van der Waals surface area (Å²) in [5, 5.41) is 0.600. The van der Waals surface area contributed by atoms with E-state index in [9.17, 15) is 8.42 Å². The van der Waals surface area contributed by atoms with Gasteiger partial charge in [-0.3, -0.25) is 14.6 Å². The van der Waals surface area contributed by atoms with Crippen molar-refractivity contribution < 1.29 is 31.8 Å². The molecule has 0 atom stereocenters. The quantitative estimate of drug-likeness (QED) is 0.203. The van der Waals surface area contributed by atoms with E-state index in [0.717, 1.165) is 45.3 Å². The van der Waals surface area contributed by atoms with Crippen LogP contribution in [0.3, 0.4) is 0 Å². The van der Waals surface area contributed by atoms with Crippen molar-refractivity contribution in [1.82, 2.24) is 9.88 Å². The van der Waals surface area contributed by atoms with Crippen LogP contribution in [0.2, 0.25) is 0 Å². The van der Waals surface area contributed by atoms with Gasteiger partial charge in [0.25, 0.3) is 10.0 Å². The Morgan fingerprint density at radius 3 is 2.59 bits per heavy atom. The molecule has 0 radical (unpaired) electrons. The number of hydrogen-bond donors (Lipinski definition) is 1. The van der Waals surface area contributed by atoms with Gasteiger partial charge in [-0.2, -0.15) is 0 Å². The van der Waals surface area contributed by atoms with Crippen LogP contribution in [0.15, 0.2) is 76.2 Å². The number of morpholine rings is 1. The maximum Gasteiger partial charge on any atom is 0.263 e. The zero-order valence-corrected chi connectivity index (χ0v) is 24.7. The summed E-state index contributed by atoms with van der Waals surface area (Å²) in [5.41, 5.74) is 0.645. The molecule has 3 aromatic carbocycles. The molecule has 0 spiro atoms. The Morgan fingerprint density at radius 1 is 1.02 bits per heavy atom. The normalized spacial score (nSPS) is 14.1. The number of fused-ring (bicyclic) bond motifs is 1. The summed E-state index contributed by atoms with van der Waals surface area (Å²) in [6.07, 6.45) is 2.41. The molecule has 1 aliphatic heterocycles. The van der Waals surface area contributed by atoms with E-state index in [1.54, 1.807) is 49.7 Å². The van der Waals surface area contributed by atoms with Crippen LogP contribution in [-0.4, -0.2) is 64.9 Å². The smallest absolute Gasteiger partial charge is 0.263 e. The van der Waals surface area contributed by atoms with Crippen LogP contribution >= 0.6 is 15.9 Å². The van der Waals surface area contributed by atoms with Crippen molar-refractivity contribution in [3.63, 3.8) is 0 Å². The Labute approximate surface area is 246 Å². The van der Waals surface area contributed by atoms with Crippen molar-refractivity contribution in [1.29, 1.82) is 0 Å². The minimum atomic E-state index is -3.93. The topological polar surface area (TPSA) is 99.2 Å². The van der Waals surface area contributed by atoms with E-state index >= 15 is 4.39 Å². The van der Waals surface area contributed by atoms with Gasteiger partial charge in [-0.25, -0.2) is 12.8 Å². The second-order valence-corrected chi connectivity index (χ2v) is 11.8. The van der Waals surface area contributed by atoms with E-state index in [4.69, 9.17) is 18.9 Å². The Balaban J connectivity index is 1.30. The highest BCUT2D eigenvalue weighted by Crippen LogP contribution is 2.38. The third-order valence-electron chi connectivity index (χ3n) is 6.50. The molecule has 1 fully saturated rings. The Morgan fingerprint density at radius 2 is 1.83 bits per heavy atom. The molecule has 2 heterocycles. The summed E-state index contributed by atoms with van der Waals surface area (Å²) < 4.78 is 66.3. The zero-order valence-electron chi connectivity index (χ0n) is 22.3. The molecule has 0 aliphatic carbocycles. The number of nitrogens with one attached hydrogen (secondary N) is 1. The molecule has 1 N–H and O–H groups in total. The van der Waals surface area contributed by atoms with E-state index in [2.05, 4.69) is 30.5 Å². The number of pyridine rings is 1. The SMILES string of the molecule is COc1cc2c(Oc3ccc(NS(=O)(=O)c4ccccc4Br)cc3F)ccnc2cc1OCCCN1CCOCC1. The largest absolute Gasteiger partial charge is 0.493 e. The molecule has 216 valence electrons. The molecule has 0 bridgehead atoms. The van der Waals surface area contributed by atoms with E-state index in [0.29, 0.717) is 39.2 Å². The van der Waals surface area contributed by atoms with Gasteiger partial charge >= 0.3 is 0 Å². The molecule has 1 aliphatic rings. The van der Waals surface area contributed by atoms with Crippen LogP contribution in [-0.2, 0) is 14.8 Å². The predicted octanol–water partition coefficient (Wildman–Crippen LogP) is 5.84. The maximum atomic E-state index is 15.1. The molecular formula is C29H29BrFN3O6S. The number of nitrogens with zero attached hydrogens (tertiary/aromatic N) is 2. The number of anilines is 1. The van der Waals surface area contributed by atoms with Gasteiger partial charge in [0.15, 0.2) is 23.1 Å². The molecular weight excluding hydrogens is 617 g/mol. The van der Waals surface area contributed by atoms with Crippen molar-refractivity contribution in [3.05, 3.63) is 77.2 Å². The highest BCUT2D eigenvalue weighted by atomic mass is 79.9. The number of aromatic nitrogens is 1. The van der Waals surface area contributed by atoms with Crippen molar-refractivity contribution in [2.24, 2.45) is 0 Å². The summed E-state index contributed by atoms with van der Waals surface area (Å²) in [6.45, 7) is 4.81. The van der Waals surface area contributed by atoms with Gasteiger partial charge in [0.05, 0.1) is 38.1 Å². The lowest BCUT2D eigenvalue weighted by Crippen LogP contribution is -2.37. The van der Waals surface area contributed by atoms with Gasteiger partial charge in [-0.05, 0) is 58.7 Å². The number of rotatable bonds is 11. The fourth-order valence-electron chi connectivity index (χ4n) is 4.42. The molecule has 0 saturated carbocycles. The zero-order chi connectivity index (χ0) is 28.8. The highest BCUT2D eigenvalue weighted by molar-refractivity contribution is 9.10. The number of sulfonamides is 1. The molecule has 0 amide bonds. The van der Waals surface area contributed by atoms with E-state index < -0.39 is 15.8 Å². The molecule has 9 nitrogen and oxygen atoms in total. The number of ether oxygens (including phenoxy) is 4. The Bertz CT molecular complexity index is 1630. The molecule has 1 saturated heterocycles. The minimum absolute atomic E-state index is 0.0402. The van der Waals surface area contributed by atoms with Crippen LogP contribution in [0.5, 0.6) is 23.0 Å². The number of halogens is 2.